The van der Waals surface area contributed by atoms with Gasteiger partial charge in [0.05, 0.1) is 32.1 Å². The molecule has 0 aliphatic heterocycles. The number of anilines is 2. The Hall–Kier alpha value is -4.21. The van der Waals surface area contributed by atoms with Crippen LogP contribution in [0, 0.1) is 18.6 Å². The minimum absolute atomic E-state index is 0.0155. The lowest BCUT2D eigenvalue weighted by atomic mass is 9.92. The van der Waals surface area contributed by atoms with Crippen LogP contribution in [0.2, 0.25) is 0 Å². The molecule has 0 amide bonds. The number of aryl methyl sites for hydroxylation is 1. The third-order valence-electron chi connectivity index (χ3n) is 7.34. The monoisotopic (exact) mass is 616 g/mol. The highest BCUT2D eigenvalue weighted by molar-refractivity contribution is 7.92. The number of pyridine rings is 2. The van der Waals surface area contributed by atoms with E-state index < -0.39 is 32.1 Å². The molecule has 1 fully saturated rings. The summed E-state index contributed by atoms with van der Waals surface area (Å²) in [5, 5.41) is 9.65. The van der Waals surface area contributed by atoms with Crippen molar-refractivity contribution in [2.45, 2.75) is 49.6 Å². The van der Waals surface area contributed by atoms with Gasteiger partial charge in [0.2, 0.25) is 11.8 Å². The van der Waals surface area contributed by atoms with Gasteiger partial charge in [-0.2, -0.15) is 4.98 Å². The van der Waals surface area contributed by atoms with E-state index in [4.69, 9.17) is 20.3 Å². The number of hydrogen-bond donors (Lipinski definition) is 3. The van der Waals surface area contributed by atoms with Gasteiger partial charge in [0.1, 0.15) is 27.9 Å². The molecule has 12 nitrogen and oxygen atoms in total. The molecule has 0 saturated heterocycles. The van der Waals surface area contributed by atoms with E-state index in [1.54, 1.807) is 17.6 Å². The molecule has 0 radical (unpaired) electrons. The zero-order valence-electron chi connectivity index (χ0n) is 23.4. The quantitative estimate of drug-likeness (QED) is 0.253. The Morgan fingerprint density at radius 1 is 1.14 bits per heavy atom. The first-order valence-corrected chi connectivity index (χ1v) is 14.9. The molecule has 3 heterocycles. The van der Waals surface area contributed by atoms with Crippen molar-refractivity contribution in [1.29, 1.82) is 0 Å². The van der Waals surface area contributed by atoms with Crippen molar-refractivity contribution < 1.29 is 31.8 Å². The fourth-order valence-corrected chi connectivity index (χ4v) is 6.44. The molecule has 1 aliphatic rings. The first kappa shape index (κ1) is 30.3. The van der Waals surface area contributed by atoms with E-state index in [1.165, 1.54) is 19.4 Å². The molecule has 5 rings (SSSR count). The molecule has 0 unspecified atom stereocenters. The van der Waals surface area contributed by atoms with Crippen molar-refractivity contribution in [3.63, 3.8) is 0 Å². The maximum absolute atomic E-state index is 14.4. The van der Waals surface area contributed by atoms with Crippen molar-refractivity contribution in [3.05, 3.63) is 64.2 Å². The van der Waals surface area contributed by atoms with Gasteiger partial charge in [-0.3, -0.25) is 14.1 Å². The number of methoxy groups -OCH3 is 1. The Labute approximate surface area is 245 Å². The molecule has 15 heteroatoms. The van der Waals surface area contributed by atoms with Crippen molar-refractivity contribution in [2.75, 3.05) is 30.8 Å². The molecule has 3 aromatic heterocycles. The van der Waals surface area contributed by atoms with Crippen molar-refractivity contribution in [3.8, 4) is 17.0 Å². The van der Waals surface area contributed by atoms with Gasteiger partial charge < -0.3 is 20.3 Å². The molecule has 1 saturated carbocycles. The number of benzene rings is 1. The summed E-state index contributed by atoms with van der Waals surface area (Å²) in [6, 6.07) is 4.79. The highest BCUT2D eigenvalue weighted by atomic mass is 32.2. The van der Waals surface area contributed by atoms with Gasteiger partial charge in [-0.1, -0.05) is 0 Å². The summed E-state index contributed by atoms with van der Waals surface area (Å²) in [4.78, 5) is 26.2. The number of nitrogen functional groups attached to an aromatic ring is 1. The number of halogens is 2. The number of ether oxygens (including phenoxy) is 2. The van der Waals surface area contributed by atoms with E-state index in [0.29, 0.717) is 48.5 Å². The Kier molecular flexibility index (Phi) is 8.57. The summed E-state index contributed by atoms with van der Waals surface area (Å²) in [5.41, 5.74) is 6.72. The van der Waals surface area contributed by atoms with Gasteiger partial charge in [0, 0.05) is 34.8 Å². The molecule has 1 aliphatic carbocycles. The Morgan fingerprint density at radius 3 is 2.56 bits per heavy atom. The van der Waals surface area contributed by atoms with Gasteiger partial charge in [-0.05, 0) is 56.9 Å². The van der Waals surface area contributed by atoms with Gasteiger partial charge in [0.25, 0.3) is 15.6 Å². The maximum Gasteiger partial charge on any atom is 0.264 e. The van der Waals surface area contributed by atoms with Crippen LogP contribution in [-0.2, 0) is 14.8 Å². The lowest BCUT2D eigenvalue weighted by Gasteiger charge is -2.30. The number of sulfonamides is 1. The average molecular weight is 617 g/mol. The minimum atomic E-state index is -4.54. The van der Waals surface area contributed by atoms with Crippen LogP contribution in [0.5, 0.6) is 5.88 Å². The first-order valence-electron chi connectivity index (χ1n) is 13.5. The van der Waals surface area contributed by atoms with Crippen LogP contribution >= 0.6 is 0 Å². The molecular weight excluding hydrogens is 586 g/mol. The fraction of sp³-hybridized carbons (Fsp3) is 0.357. The largest absolute Gasteiger partial charge is 0.480 e. The summed E-state index contributed by atoms with van der Waals surface area (Å²) < 4.78 is 68.6. The van der Waals surface area contributed by atoms with E-state index in [-0.39, 0.29) is 54.0 Å². The number of aromatic nitrogens is 4. The fourth-order valence-electron chi connectivity index (χ4n) is 5.34. The third-order valence-corrected chi connectivity index (χ3v) is 8.74. The van der Waals surface area contributed by atoms with Crippen molar-refractivity contribution in [1.82, 2.24) is 19.5 Å². The number of rotatable bonds is 9. The Bertz CT molecular complexity index is 1840. The number of aliphatic hydroxyl groups is 1. The molecule has 4 N–H and O–H groups in total. The summed E-state index contributed by atoms with van der Waals surface area (Å²) in [5.74, 6) is -2.33. The molecule has 228 valence electrons. The van der Waals surface area contributed by atoms with E-state index >= 15 is 0 Å². The van der Waals surface area contributed by atoms with Gasteiger partial charge in [-0.25, -0.2) is 27.2 Å². The summed E-state index contributed by atoms with van der Waals surface area (Å²) in [7, 11) is -3.27. The van der Waals surface area contributed by atoms with Crippen molar-refractivity contribution >= 4 is 32.7 Å². The lowest BCUT2D eigenvalue weighted by molar-refractivity contribution is 0.00169. The van der Waals surface area contributed by atoms with Crippen LogP contribution in [0.4, 0.5) is 20.4 Å². The number of hydrogen-bond acceptors (Lipinski definition) is 10. The van der Waals surface area contributed by atoms with Crippen LogP contribution in [0.15, 0.2) is 46.2 Å². The smallest absolute Gasteiger partial charge is 0.264 e. The number of nitrogens with zero attached hydrogens (tertiary/aromatic N) is 4. The molecule has 0 atom stereocenters. The van der Waals surface area contributed by atoms with E-state index in [2.05, 4.69) is 19.7 Å². The lowest BCUT2D eigenvalue weighted by Crippen LogP contribution is -2.32. The molecule has 4 aromatic rings. The second-order valence-electron chi connectivity index (χ2n) is 10.1. The standard InChI is InChI=1S/C28H30F2N6O6S/c1-15-20-13-21(27(38)36(25(20)34-28(31)33-15)18-4-6-19(7-5-18)42-10-9-37)16-11-23(26(41-2)32-14-16)35-43(39,40)24-8-3-17(29)12-22(24)30/h3,8,11-14,18-19,35,37H,4-7,9-10H2,1-2H3,(H2,31,33,34). The number of nitrogens with two attached hydrogens (primary N) is 1. The van der Waals surface area contributed by atoms with E-state index in [0.717, 1.165) is 12.1 Å². The van der Waals surface area contributed by atoms with Crippen molar-refractivity contribution in [2.24, 2.45) is 0 Å². The van der Waals surface area contributed by atoms with Crippen LogP contribution in [0.1, 0.15) is 37.4 Å². The molecule has 0 spiro atoms. The normalized spacial score (nSPS) is 17.2. The molecular formula is C28H30F2N6O6S. The molecule has 1 aromatic carbocycles. The van der Waals surface area contributed by atoms with Gasteiger partial charge in [-0.15, -0.1) is 0 Å². The number of fused-ring (bicyclic) bond motifs is 1. The van der Waals surface area contributed by atoms with Gasteiger partial charge >= 0.3 is 0 Å². The summed E-state index contributed by atoms with van der Waals surface area (Å²) >= 11 is 0. The number of nitrogens with one attached hydrogen (secondary N) is 1. The molecule has 43 heavy (non-hydrogen) atoms. The highest BCUT2D eigenvalue weighted by Gasteiger charge is 2.28. The third kappa shape index (κ3) is 6.14. The van der Waals surface area contributed by atoms with Crippen LogP contribution in [0.3, 0.4) is 0 Å². The van der Waals surface area contributed by atoms with Crippen LogP contribution < -0.4 is 20.8 Å². The second-order valence-corrected chi connectivity index (χ2v) is 11.8. The zero-order chi connectivity index (χ0) is 30.9. The Balaban J connectivity index is 1.60. The predicted octanol–water partition coefficient (Wildman–Crippen LogP) is 3.32. The molecule has 0 bridgehead atoms. The highest BCUT2D eigenvalue weighted by Crippen LogP contribution is 2.34. The Morgan fingerprint density at radius 2 is 1.88 bits per heavy atom. The van der Waals surface area contributed by atoms with E-state index in [1.807, 2.05) is 0 Å². The van der Waals surface area contributed by atoms with Crippen LogP contribution in [0.25, 0.3) is 22.2 Å². The average Bonchev–Trinajstić information content (AvgIpc) is 2.96. The SMILES string of the molecule is COc1ncc(-c2cc3c(C)nc(N)nc3n(C3CCC(OCCO)CC3)c2=O)cc1NS(=O)(=O)c1ccc(F)cc1F. The predicted molar refractivity (Wildman–Crippen MR) is 154 cm³/mol. The van der Waals surface area contributed by atoms with E-state index in [9.17, 15) is 22.0 Å². The maximum atomic E-state index is 14.4. The minimum Gasteiger partial charge on any atom is -0.480 e. The van der Waals surface area contributed by atoms with Gasteiger partial charge in [0.15, 0.2) is 0 Å². The second kappa shape index (κ2) is 12.2. The summed E-state index contributed by atoms with van der Waals surface area (Å²) in [6.45, 7) is 1.90. The topological polar surface area (TPSA) is 172 Å². The zero-order valence-corrected chi connectivity index (χ0v) is 24.2. The number of aliphatic hydroxyl groups excluding tert-OH is 1. The summed E-state index contributed by atoms with van der Waals surface area (Å²) in [6.07, 6.45) is 3.85. The van der Waals surface area contributed by atoms with Crippen LogP contribution in [-0.4, -0.2) is 59.5 Å². The first-order chi connectivity index (χ1) is 20.5.